The summed E-state index contributed by atoms with van der Waals surface area (Å²) in [6, 6.07) is -0.154. The van der Waals surface area contributed by atoms with Crippen LogP contribution in [0.15, 0.2) is 0 Å². The number of rotatable bonds is 5. The van der Waals surface area contributed by atoms with E-state index in [9.17, 15) is 13.2 Å². The maximum Gasteiger partial charge on any atom is 0.303 e. The van der Waals surface area contributed by atoms with Crippen molar-refractivity contribution >= 4 is 16.2 Å². The van der Waals surface area contributed by atoms with E-state index in [1.807, 2.05) is 0 Å². The standard InChI is InChI=1S/C14H26N2O4S/c1-12-7-10-15(11-8-12)21(19,20)16-9-3-2-4-13(16)5-6-14(17)18/h12-13H,2-11H2,1H3,(H,17,18). The first-order valence-corrected chi connectivity index (χ1v) is 9.29. The van der Waals surface area contributed by atoms with Gasteiger partial charge in [-0.05, 0) is 38.0 Å². The van der Waals surface area contributed by atoms with E-state index in [2.05, 4.69) is 6.92 Å². The second-order valence-corrected chi connectivity index (χ2v) is 8.16. The highest BCUT2D eigenvalue weighted by Gasteiger charge is 2.37. The number of hydrogen-bond acceptors (Lipinski definition) is 3. The number of piperidine rings is 2. The van der Waals surface area contributed by atoms with Crippen molar-refractivity contribution in [2.24, 2.45) is 5.92 Å². The molecule has 0 saturated carbocycles. The number of hydrogen-bond donors (Lipinski definition) is 1. The second kappa shape index (κ2) is 7.07. The quantitative estimate of drug-likeness (QED) is 0.836. The minimum absolute atomic E-state index is 0.0354. The minimum Gasteiger partial charge on any atom is -0.481 e. The zero-order valence-corrected chi connectivity index (χ0v) is 13.5. The third-order valence-electron chi connectivity index (χ3n) is 4.63. The highest BCUT2D eigenvalue weighted by Crippen LogP contribution is 2.28. The van der Waals surface area contributed by atoms with Crippen molar-refractivity contribution in [3.63, 3.8) is 0 Å². The molecule has 2 aliphatic heterocycles. The lowest BCUT2D eigenvalue weighted by Crippen LogP contribution is -2.52. The van der Waals surface area contributed by atoms with Gasteiger partial charge in [-0.3, -0.25) is 4.79 Å². The SMILES string of the molecule is CC1CCN(S(=O)(=O)N2CCCCC2CCC(=O)O)CC1. The zero-order valence-electron chi connectivity index (χ0n) is 12.7. The predicted octanol–water partition coefficient (Wildman–Crippen LogP) is 1.68. The van der Waals surface area contributed by atoms with Crippen LogP contribution in [-0.2, 0) is 15.0 Å². The first-order chi connectivity index (χ1) is 9.91. The molecule has 2 heterocycles. The van der Waals surface area contributed by atoms with E-state index in [0.29, 0.717) is 32.0 Å². The molecule has 0 amide bonds. The van der Waals surface area contributed by atoms with Gasteiger partial charge in [0.15, 0.2) is 0 Å². The molecule has 0 bridgehead atoms. The molecule has 2 aliphatic rings. The normalized spacial score (nSPS) is 26.8. The summed E-state index contributed by atoms with van der Waals surface area (Å²) >= 11 is 0. The molecule has 0 radical (unpaired) electrons. The second-order valence-electron chi connectivity index (χ2n) is 6.28. The Labute approximate surface area is 127 Å². The number of carbonyl (C=O) groups is 1. The first kappa shape index (κ1) is 16.7. The largest absolute Gasteiger partial charge is 0.481 e. The van der Waals surface area contributed by atoms with E-state index in [-0.39, 0.29) is 12.5 Å². The molecule has 0 aromatic heterocycles. The van der Waals surface area contributed by atoms with Crippen LogP contribution < -0.4 is 0 Å². The Hall–Kier alpha value is -0.660. The Morgan fingerprint density at radius 2 is 1.81 bits per heavy atom. The molecule has 1 N–H and O–H groups in total. The summed E-state index contributed by atoms with van der Waals surface area (Å²) < 4.78 is 28.8. The van der Waals surface area contributed by atoms with Gasteiger partial charge in [0.05, 0.1) is 0 Å². The van der Waals surface area contributed by atoms with Gasteiger partial charge in [-0.2, -0.15) is 17.0 Å². The average molecular weight is 318 g/mol. The minimum atomic E-state index is -3.43. The Kier molecular flexibility index (Phi) is 5.62. The van der Waals surface area contributed by atoms with Crippen LogP contribution in [0.3, 0.4) is 0 Å². The molecular weight excluding hydrogens is 292 g/mol. The van der Waals surface area contributed by atoms with Crippen molar-refractivity contribution in [1.29, 1.82) is 0 Å². The number of aliphatic carboxylic acids is 1. The van der Waals surface area contributed by atoms with E-state index < -0.39 is 16.2 Å². The average Bonchev–Trinajstić information content (AvgIpc) is 2.46. The fourth-order valence-corrected chi connectivity index (χ4v) is 5.14. The molecule has 0 spiro atoms. The predicted molar refractivity (Wildman–Crippen MR) is 80.1 cm³/mol. The molecular formula is C14H26N2O4S. The topological polar surface area (TPSA) is 77.9 Å². The lowest BCUT2D eigenvalue weighted by Gasteiger charge is -2.39. The summed E-state index contributed by atoms with van der Waals surface area (Å²) in [7, 11) is -3.43. The van der Waals surface area contributed by atoms with Crippen molar-refractivity contribution in [3.8, 4) is 0 Å². The van der Waals surface area contributed by atoms with Crippen LogP contribution in [0, 0.1) is 5.92 Å². The van der Waals surface area contributed by atoms with E-state index in [1.165, 1.54) is 0 Å². The van der Waals surface area contributed by atoms with Crippen molar-refractivity contribution in [2.75, 3.05) is 19.6 Å². The maximum absolute atomic E-state index is 12.8. The molecule has 1 atom stereocenters. The highest BCUT2D eigenvalue weighted by molar-refractivity contribution is 7.86. The lowest BCUT2D eigenvalue weighted by molar-refractivity contribution is -0.137. The first-order valence-electron chi connectivity index (χ1n) is 7.90. The number of nitrogens with zero attached hydrogens (tertiary/aromatic N) is 2. The van der Waals surface area contributed by atoms with Crippen molar-refractivity contribution in [2.45, 2.75) is 57.9 Å². The summed E-state index contributed by atoms with van der Waals surface area (Å²) in [6.07, 6.45) is 4.89. The molecule has 122 valence electrons. The summed E-state index contributed by atoms with van der Waals surface area (Å²) in [4.78, 5) is 10.8. The Morgan fingerprint density at radius 1 is 1.14 bits per heavy atom. The van der Waals surface area contributed by atoms with Gasteiger partial charge < -0.3 is 5.11 Å². The van der Waals surface area contributed by atoms with Crippen LogP contribution >= 0.6 is 0 Å². The van der Waals surface area contributed by atoms with Gasteiger partial charge in [0.1, 0.15) is 0 Å². The molecule has 2 rings (SSSR count). The smallest absolute Gasteiger partial charge is 0.303 e. The van der Waals surface area contributed by atoms with Gasteiger partial charge in [0, 0.05) is 32.1 Å². The molecule has 6 nitrogen and oxygen atoms in total. The molecule has 0 aromatic rings. The van der Waals surface area contributed by atoms with E-state index >= 15 is 0 Å². The van der Waals surface area contributed by atoms with Crippen molar-refractivity contribution in [1.82, 2.24) is 8.61 Å². The van der Waals surface area contributed by atoms with Crippen LogP contribution in [0.1, 0.15) is 51.9 Å². The maximum atomic E-state index is 12.8. The molecule has 7 heteroatoms. The third-order valence-corrected chi connectivity index (χ3v) is 6.72. The molecule has 1 unspecified atom stereocenters. The van der Waals surface area contributed by atoms with Crippen LogP contribution in [0.2, 0.25) is 0 Å². The molecule has 0 aromatic carbocycles. The van der Waals surface area contributed by atoms with Gasteiger partial charge in [-0.25, -0.2) is 0 Å². The molecule has 2 fully saturated rings. The number of carboxylic acids is 1. The third kappa shape index (κ3) is 4.17. The van der Waals surface area contributed by atoms with Crippen LogP contribution in [0.25, 0.3) is 0 Å². The van der Waals surface area contributed by atoms with Crippen LogP contribution in [-0.4, -0.2) is 53.8 Å². The monoisotopic (exact) mass is 318 g/mol. The van der Waals surface area contributed by atoms with Crippen LogP contribution in [0.4, 0.5) is 0 Å². The fraction of sp³-hybridized carbons (Fsp3) is 0.929. The van der Waals surface area contributed by atoms with E-state index in [1.54, 1.807) is 8.61 Å². The van der Waals surface area contributed by atoms with Gasteiger partial charge in [-0.1, -0.05) is 13.3 Å². The van der Waals surface area contributed by atoms with Gasteiger partial charge in [0.25, 0.3) is 10.2 Å². The molecule has 0 aliphatic carbocycles. The molecule has 21 heavy (non-hydrogen) atoms. The molecule has 2 saturated heterocycles. The Morgan fingerprint density at radius 3 is 2.43 bits per heavy atom. The van der Waals surface area contributed by atoms with Crippen LogP contribution in [0.5, 0.6) is 0 Å². The van der Waals surface area contributed by atoms with Gasteiger partial charge in [-0.15, -0.1) is 0 Å². The fourth-order valence-electron chi connectivity index (χ4n) is 3.22. The summed E-state index contributed by atoms with van der Waals surface area (Å²) in [5.74, 6) is -0.273. The summed E-state index contributed by atoms with van der Waals surface area (Å²) in [6.45, 7) is 3.86. The summed E-state index contributed by atoms with van der Waals surface area (Å²) in [5.41, 5.74) is 0. The van der Waals surface area contributed by atoms with Crippen molar-refractivity contribution < 1.29 is 18.3 Å². The van der Waals surface area contributed by atoms with E-state index in [0.717, 1.165) is 32.1 Å². The van der Waals surface area contributed by atoms with Crippen molar-refractivity contribution in [3.05, 3.63) is 0 Å². The Balaban J connectivity index is 2.06. The van der Waals surface area contributed by atoms with E-state index in [4.69, 9.17) is 5.11 Å². The Bertz CT molecular complexity index is 458. The number of carboxylic acid groups (broad SMARTS) is 1. The lowest BCUT2D eigenvalue weighted by atomic mass is 10.0. The summed E-state index contributed by atoms with van der Waals surface area (Å²) in [5, 5.41) is 8.83. The van der Waals surface area contributed by atoms with Gasteiger partial charge in [0.2, 0.25) is 0 Å². The highest BCUT2D eigenvalue weighted by atomic mass is 32.2. The van der Waals surface area contributed by atoms with Gasteiger partial charge >= 0.3 is 5.97 Å². The zero-order chi connectivity index (χ0) is 15.5.